The lowest BCUT2D eigenvalue weighted by Gasteiger charge is -2.44. The van der Waals surface area contributed by atoms with E-state index >= 15 is 0 Å². The summed E-state index contributed by atoms with van der Waals surface area (Å²) in [7, 11) is 0. The van der Waals surface area contributed by atoms with Gasteiger partial charge in [-0.15, -0.1) is 0 Å². The molecule has 1 saturated heterocycles. The van der Waals surface area contributed by atoms with E-state index in [1.54, 1.807) is 0 Å². The van der Waals surface area contributed by atoms with Crippen molar-refractivity contribution in [1.29, 1.82) is 0 Å². The zero-order chi connectivity index (χ0) is 24.9. The number of pyridine rings is 1. The van der Waals surface area contributed by atoms with Gasteiger partial charge in [0.25, 0.3) is 0 Å². The Morgan fingerprint density at radius 3 is 1.97 bits per heavy atom. The van der Waals surface area contributed by atoms with Crippen LogP contribution < -0.4 is 0 Å². The smallest absolute Gasteiger partial charge is 0.416 e. The number of alkyl halides is 3. The van der Waals surface area contributed by atoms with Crippen LogP contribution in [-0.4, -0.2) is 59.9 Å². The third-order valence-electron chi connectivity index (χ3n) is 4.39. The van der Waals surface area contributed by atoms with Crippen molar-refractivity contribution >= 4 is 23.9 Å². The molecule has 0 aromatic carbocycles. The van der Waals surface area contributed by atoms with Crippen LogP contribution in [0.5, 0.6) is 0 Å². The van der Waals surface area contributed by atoms with Gasteiger partial charge in [0.15, 0.2) is 18.3 Å². The summed E-state index contributed by atoms with van der Waals surface area (Å²) in [5.41, 5.74) is -1.36. The van der Waals surface area contributed by atoms with Crippen LogP contribution in [0.4, 0.5) is 13.2 Å². The zero-order valence-electron chi connectivity index (χ0n) is 18.1. The van der Waals surface area contributed by atoms with Gasteiger partial charge in [-0.1, -0.05) is 0 Å². The first-order valence-electron chi connectivity index (χ1n) is 9.63. The molecule has 1 aromatic heterocycles. The number of carbonyl (C=O) groups is 4. The Labute approximate surface area is 186 Å². The third-order valence-corrected chi connectivity index (χ3v) is 4.39. The first-order valence-corrected chi connectivity index (χ1v) is 9.63. The molecule has 33 heavy (non-hydrogen) atoms. The molecule has 0 radical (unpaired) electrons. The largest absolute Gasteiger partial charge is 0.463 e. The fourth-order valence-electron chi connectivity index (χ4n) is 3.25. The number of esters is 4. The summed E-state index contributed by atoms with van der Waals surface area (Å²) in [6.07, 6.45) is -11.1. The first kappa shape index (κ1) is 26.0. The quantitative estimate of drug-likeness (QED) is 0.443. The van der Waals surface area contributed by atoms with Gasteiger partial charge < -0.3 is 23.7 Å². The molecule has 1 aliphatic heterocycles. The van der Waals surface area contributed by atoms with Crippen molar-refractivity contribution in [3.05, 3.63) is 29.6 Å². The molecule has 0 N–H and O–H groups in total. The highest BCUT2D eigenvalue weighted by molar-refractivity contribution is 5.68. The number of halogens is 3. The molecule has 13 heteroatoms. The summed E-state index contributed by atoms with van der Waals surface area (Å²) < 4.78 is 66.1. The predicted molar refractivity (Wildman–Crippen MR) is 100 cm³/mol. The van der Waals surface area contributed by atoms with Crippen molar-refractivity contribution in [2.75, 3.05) is 6.61 Å². The average molecular weight is 477 g/mol. The standard InChI is InChI=1S/C20H22F3NO9/c1-9(25)29-8-15-17(30-10(2)26)19(32-12(4)28)18(31-11(3)27)16(33-15)14-7-13(5-6-24-14)20(21,22)23/h5-7,15-19H,8H2,1-4H3/t15-,16-,17-,18+,19+/m1/s1. The molecular weight excluding hydrogens is 455 g/mol. The lowest BCUT2D eigenvalue weighted by atomic mass is 9.92. The van der Waals surface area contributed by atoms with Crippen LogP contribution in [0.25, 0.3) is 0 Å². The van der Waals surface area contributed by atoms with Crippen molar-refractivity contribution in [1.82, 2.24) is 4.98 Å². The first-order chi connectivity index (χ1) is 15.3. The highest BCUT2D eigenvalue weighted by atomic mass is 19.4. The predicted octanol–water partition coefficient (Wildman–Crippen LogP) is 1.90. The molecule has 0 aliphatic carbocycles. The van der Waals surface area contributed by atoms with Gasteiger partial charge >= 0.3 is 30.1 Å². The van der Waals surface area contributed by atoms with E-state index in [4.69, 9.17) is 23.7 Å². The minimum absolute atomic E-state index is 0.303. The van der Waals surface area contributed by atoms with Gasteiger partial charge in [0.1, 0.15) is 18.8 Å². The molecule has 0 spiro atoms. The molecule has 2 rings (SSSR count). The Morgan fingerprint density at radius 1 is 0.909 bits per heavy atom. The van der Waals surface area contributed by atoms with E-state index in [0.29, 0.717) is 6.07 Å². The fraction of sp³-hybridized carbons (Fsp3) is 0.550. The number of aromatic nitrogens is 1. The molecule has 2 heterocycles. The van der Waals surface area contributed by atoms with E-state index in [9.17, 15) is 32.3 Å². The number of carbonyl (C=O) groups excluding carboxylic acids is 4. The van der Waals surface area contributed by atoms with Gasteiger partial charge in [-0.2, -0.15) is 13.2 Å². The normalized spacial score (nSPS) is 25.0. The molecule has 5 atom stereocenters. The second-order valence-electron chi connectivity index (χ2n) is 7.09. The maximum absolute atomic E-state index is 13.2. The van der Waals surface area contributed by atoms with E-state index in [-0.39, 0.29) is 5.69 Å². The molecular formula is C20H22F3NO9. The molecule has 0 saturated carbocycles. The number of ether oxygens (including phenoxy) is 5. The third kappa shape index (κ3) is 7.14. The van der Waals surface area contributed by atoms with Crippen LogP contribution >= 0.6 is 0 Å². The van der Waals surface area contributed by atoms with Crippen LogP contribution in [0, 0.1) is 0 Å². The summed E-state index contributed by atoms with van der Waals surface area (Å²) in [5, 5.41) is 0. The van der Waals surface area contributed by atoms with E-state index in [1.165, 1.54) is 0 Å². The van der Waals surface area contributed by atoms with E-state index in [0.717, 1.165) is 40.0 Å². The lowest BCUT2D eigenvalue weighted by Crippen LogP contribution is -2.59. The van der Waals surface area contributed by atoms with Crippen molar-refractivity contribution in [3.63, 3.8) is 0 Å². The molecule has 1 aromatic rings. The summed E-state index contributed by atoms with van der Waals surface area (Å²) in [6, 6.07) is 1.41. The lowest BCUT2D eigenvalue weighted by molar-refractivity contribution is -0.255. The van der Waals surface area contributed by atoms with Crippen LogP contribution in [0.1, 0.15) is 45.1 Å². The van der Waals surface area contributed by atoms with Gasteiger partial charge in [-0.25, -0.2) is 0 Å². The van der Waals surface area contributed by atoms with Gasteiger partial charge in [0.05, 0.1) is 11.3 Å². The summed E-state index contributed by atoms with van der Waals surface area (Å²) in [5.74, 6) is -3.29. The Hall–Kier alpha value is -3.22. The van der Waals surface area contributed by atoms with Crippen LogP contribution in [0.15, 0.2) is 18.3 Å². The Morgan fingerprint density at radius 2 is 1.45 bits per heavy atom. The van der Waals surface area contributed by atoms with E-state index in [1.807, 2.05) is 0 Å². The Kier molecular flexibility index (Phi) is 8.36. The van der Waals surface area contributed by atoms with Crippen molar-refractivity contribution in [2.24, 2.45) is 0 Å². The second kappa shape index (κ2) is 10.6. The van der Waals surface area contributed by atoms with E-state index in [2.05, 4.69) is 4.98 Å². The highest BCUT2D eigenvalue weighted by Crippen LogP contribution is 2.38. The van der Waals surface area contributed by atoms with Crippen LogP contribution in [-0.2, 0) is 49.0 Å². The SMILES string of the molecule is CC(=O)OC[C@H]1O[C@H](c2cc(C(F)(F)F)ccn2)[C@H](OC(C)=O)[C@@H](OC(C)=O)[C@@H]1OC(C)=O. The Balaban J connectivity index is 2.60. The summed E-state index contributed by atoms with van der Waals surface area (Å²) in [4.78, 5) is 50.5. The topological polar surface area (TPSA) is 127 Å². The second-order valence-corrected chi connectivity index (χ2v) is 7.09. The summed E-state index contributed by atoms with van der Waals surface area (Å²) >= 11 is 0. The molecule has 1 aliphatic rings. The Bertz CT molecular complexity index is 905. The van der Waals surface area contributed by atoms with Crippen molar-refractivity contribution in [2.45, 2.75) is 64.4 Å². The molecule has 182 valence electrons. The van der Waals surface area contributed by atoms with Crippen LogP contribution in [0.3, 0.4) is 0 Å². The monoisotopic (exact) mass is 477 g/mol. The van der Waals surface area contributed by atoms with Gasteiger partial charge in [0, 0.05) is 33.9 Å². The molecule has 0 unspecified atom stereocenters. The van der Waals surface area contributed by atoms with Gasteiger partial charge in [0.2, 0.25) is 0 Å². The molecule has 10 nitrogen and oxygen atoms in total. The average Bonchev–Trinajstić information content (AvgIpc) is 2.68. The fourth-order valence-corrected chi connectivity index (χ4v) is 3.25. The zero-order valence-corrected chi connectivity index (χ0v) is 18.1. The molecule has 0 bridgehead atoms. The molecule has 1 fully saturated rings. The number of nitrogens with zero attached hydrogens (tertiary/aromatic N) is 1. The van der Waals surface area contributed by atoms with Gasteiger partial charge in [-0.05, 0) is 12.1 Å². The minimum Gasteiger partial charge on any atom is -0.463 e. The number of hydrogen-bond donors (Lipinski definition) is 0. The minimum atomic E-state index is -4.71. The summed E-state index contributed by atoms with van der Waals surface area (Å²) in [6.45, 7) is 3.69. The number of hydrogen-bond acceptors (Lipinski definition) is 10. The molecule has 0 amide bonds. The van der Waals surface area contributed by atoms with Crippen molar-refractivity contribution < 1.29 is 56.0 Å². The number of rotatable bonds is 6. The van der Waals surface area contributed by atoms with Crippen molar-refractivity contribution in [3.8, 4) is 0 Å². The van der Waals surface area contributed by atoms with Gasteiger partial charge in [-0.3, -0.25) is 24.2 Å². The maximum Gasteiger partial charge on any atom is 0.416 e. The maximum atomic E-state index is 13.2. The van der Waals surface area contributed by atoms with Crippen LogP contribution in [0.2, 0.25) is 0 Å². The van der Waals surface area contributed by atoms with E-state index < -0.39 is 72.7 Å². The highest BCUT2D eigenvalue weighted by Gasteiger charge is 2.53.